The van der Waals surface area contributed by atoms with E-state index in [9.17, 15) is 4.79 Å². The molecule has 4 nitrogen and oxygen atoms in total. The number of amides is 1. The lowest BCUT2D eigenvalue weighted by Crippen LogP contribution is -2.54. The van der Waals surface area contributed by atoms with Crippen LogP contribution in [0.25, 0.3) is 0 Å². The Morgan fingerprint density at radius 3 is 2.36 bits per heavy atom. The van der Waals surface area contributed by atoms with Gasteiger partial charge in [0.25, 0.3) is 0 Å². The van der Waals surface area contributed by atoms with Gasteiger partial charge >= 0.3 is 0 Å². The summed E-state index contributed by atoms with van der Waals surface area (Å²) in [7, 11) is 1.74. The van der Waals surface area contributed by atoms with Crippen LogP contribution >= 0.6 is 0 Å². The van der Waals surface area contributed by atoms with E-state index in [1.54, 1.807) is 7.11 Å². The van der Waals surface area contributed by atoms with Gasteiger partial charge in [0.15, 0.2) is 0 Å². The molecule has 0 spiro atoms. The van der Waals surface area contributed by atoms with E-state index in [1.165, 1.54) is 32.1 Å². The smallest absolute Gasteiger partial charge is 0.231 e. The maximum Gasteiger partial charge on any atom is 0.231 e. The fraction of sp³-hybridized carbons (Fsp3) is 0.944. The molecule has 1 amide bonds. The van der Waals surface area contributed by atoms with E-state index in [1.807, 2.05) is 0 Å². The second kappa shape index (κ2) is 5.79. The maximum atomic E-state index is 13.5. The van der Waals surface area contributed by atoms with E-state index in [0.717, 1.165) is 50.2 Å². The lowest BCUT2D eigenvalue weighted by molar-refractivity contribution is -0.150. The summed E-state index contributed by atoms with van der Waals surface area (Å²) >= 11 is 0. The van der Waals surface area contributed by atoms with Gasteiger partial charge in [0, 0.05) is 19.7 Å². The van der Waals surface area contributed by atoms with Crippen LogP contribution in [0.1, 0.15) is 44.9 Å². The van der Waals surface area contributed by atoms with Gasteiger partial charge in [0.2, 0.25) is 5.91 Å². The van der Waals surface area contributed by atoms with Crippen molar-refractivity contribution in [3.05, 3.63) is 0 Å². The lowest BCUT2D eigenvalue weighted by atomic mass is 9.68. The van der Waals surface area contributed by atoms with Crippen molar-refractivity contribution in [2.45, 2.75) is 51.0 Å². The van der Waals surface area contributed by atoms with Crippen LogP contribution in [0, 0.1) is 23.2 Å². The predicted molar refractivity (Wildman–Crippen MR) is 85.5 cm³/mol. The van der Waals surface area contributed by atoms with E-state index in [-0.39, 0.29) is 5.41 Å². The molecule has 4 bridgehead atoms. The van der Waals surface area contributed by atoms with E-state index in [2.05, 4.69) is 10.2 Å². The number of piperidine rings is 1. The van der Waals surface area contributed by atoms with Crippen LogP contribution in [0.4, 0.5) is 0 Å². The van der Waals surface area contributed by atoms with Crippen molar-refractivity contribution in [1.82, 2.24) is 10.2 Å². The molecule has 3 saturated heterocycles. The fourth-order valence-corrected chi connectivity index (χ4v) is 5.94. The molecule has 0 aromatic heterocycles. The van der Waals surface area contributed by atoms with Gasteiger partial charge in [0.05, 0.1) is 12.0 Å². The molecule has 2 saturated carbocycles. The Balaban J connectivity index is 1.58. The van der Waals surface area contributed by atoms with Gasteiger partial charge in [0.1, 0.15) is 0 Å². The van der Waals surface area contributed by atoms with Crippen molar-refractivity contribution in [1.29, 1.82) is 0 Å². The summed E-state index contributed by atoms with van der Waals surface area (Å²) in [6.45, 7) is 3.51. The highest BCUT2D eigenvalue weighted by atomic mass is 16.5. The topological polar surface area (TPSA) is 41.6 Å². The number of ether oxygens (including phenoxy) is 1. The van der Waals surface area contributed by atoms with Crippen LogP contribution in [-0.2, 0) is 9.53 Å². The Morgan fingerprint density at radius 1 is 1.09 bits per heavy atom. The summed E-state index contributed by atoms with van der Waals surface area (Å²) in [6.07, 6.45) is 8.56. The normalized spacial score (nSPS) is 39.8. The lowest BCUT2D eigenvalue weighted by Gasteiger charge is -2.43. The molecular weight excluding hydrogens is 276 g/mol. The van der Waals surface area contributed by atoms with Crippen molar-refractivity contribution in [3.63, 3.8) is 0 Å². The third-order valence-electron chi connectivity index (χ3n) is 6.80. The zero-order valence-electron chi connectivity index (χ0n) is 13.9. The molecule has 3 heterocycles. The molecule has 5 rings (SSSR count). The second-order valence-electron chi connectivity index (χ2n) is 8.35. The summed E-state index contributed by atoms with van der Waals surface area (Å²) < 4.78 is 5.49. The van der Waals surface area contributed by atoms with Crippen molar-refractivity contribution in [3.8, 4) is 0 Å². The molecule has 5 fully saturated rings. The van der Waals surface area contributed by atoms with Gasteiger partial charge in [-0.25, -0.2) is 0 Å². The van der Waals surface area contributed by atoms with Crippen molar-refractivity contribution < 1.29 is 9.53 Å². The van der Waals surface area contributed by atoms with Crippen LogP contribution in [0.5, 0.6) is 0 Å². The third kappa shape index (κ3) is 2.48. The van der Waals surface area contributed by atoms with Crippen LogP contribution in [0.2, 0.25) is 0 Å². The molecule has 124 valence electrons. The summed E-state index contributed by atoms with van der Waals surface area (Å²) in [4.78, 5) is 15.8. The highest BCUT2D eigenvalue weighted by Gasteiger charge is 2.49. The number of fused-ring (bicyclic) bond motifs is 1. The molecule has 1 N–H and O–H groups in total. The van der Waals surface area contributed by atoms with E-state index in [4.69, 9.17) is 4.74 Å². The number of hydrogen-bond donors (Lipinski definition) is 1. The number of nitrogens with zero attached hydrogens (tertiary/aromatic N) is 1. The first kappa shape index (κ1) is 14.9. The fourth-order valence-electron chi connectivity index (χ4n) is 5.94. The number of carbonyl (C=O) groups excluding carboxylic acids is 1. The monoisotopic (exact) mass is 306 g/mol. The Bertz CT molecular complexity index is 413. The summed E-state index contributed by atoms with van der Waals surface area (Å²) in [5.41, 5.74) is -0.262. The summed E-state index contributed by atoms with van der Waals surface area (Å²) in [5, 5.41) is 3.40. The summed E-state index contributed by atoms with van der Waals surface area (Å²) in [6, 6.07) is 0.521. The SMILES string of the molecule is COCC1(C(=O)N2CC3CC4CC(C3)CC2C4)CCNCC1. The van der Waals surface area contributed by atoms with Gasteiger partial charge in [-0.15, -0.1) is 0 Å². The molecule has 0 radical (unpaired) electrons. The van der Waals surface area contributed by atoms with Gasteiger partial charge in [-0.3, -0.25) is 4.79 Å². The molecule has 3 aliphatic heterocycles. The number of methoxy groups -OCH3 is 1. The molecule has 2 aliphatic carbocycles. The largest absolute Gasteiger partial charge is 0.384 e. The van der Waals surface area contributed by atoms with Crippen LogP contribution in [0.15, 0.2) is 0 Å². The van der Waals surface area contributed by atoms with Gasteiger partial charge in [-0.1, -0.05) is 0 Å². The highest BCUT2D eigenvalue weighted by molar-refractivity contribution is 5.83. The zero-order valence-corrected chi connectivity index (χ0v) is 13.9. The second-order valence-corrected chi connectivity index (χ2v) is 8.35. The molecule has 2 unspecified atom stereocenters. The van der Waals surface area contributed by atoms with E-state index in [0.29, 0.717) is 18.6 Å². The average Bonchev–Trinajstić information content (AvgIpc) is 2.71. The Labute approximate surface area is 134 Å². The molecule has 0 aromatic rings. The minimum Gasteiger partial charge on any atom is -0.384 e. The average molecular weight is 306 g/mol. The van der Waals surface area contributed by atoms with Crippen LogP contribution in [-0.4, -0.2) is 50.2 Å². The van der Waals surface area contributed by atoms with Crippen LogP contribution in [0.3, 0.4) is 0 Å². The highest BCUT2D eigenvalue weighted by Crippen LogP contribution is 2.48. The van der Waals surface area contributed by atoms with Crippen LogP contribution < -0.4 is 5.32 Å². The van der Waals surface area contributed by atoms with Crippen molar-refractivity contribution in [2.24, 2.45) is 23.2 Å². The maximum absolute atomic E-state index is 13.5. The number of nitrogens with one attached hydrogen (secondary N) is 1. The molecule has 2 atom stereocenters. The van der Waals surface area contributed by atoms with Crippen molar-refractivity contribution in [2.75, 3.05) is 33.4 Å². The quantitative estimate of drug-likeness (QED) is 0.867. The minimum atomic E-state index is -0.262. The number of carbonyl (C=O) groups is 1. The van der Waals surface area contributed by atoms with Gasteiger partial charge in [-0.05, 0) is 75.8 Å². The van der Waals surface area contributed by atoms with E-state index >= 15 is 0 Å². The molecule has 4 heteroatoms. The standard InChI is InChI=1S/C18H30N2O2/c1-22-12-18(2-4-19-5-3-18)17(21)20-11-15-7-13-6-14(8-15)10-16(20)9-13/h13-16,19H,2-12H2,1H3. The first-order valence-corrected chi connectivity index (χ1v) is 9.21. The number of hydrogen-bond acceptors (Lipinski definition) is 3. The Kier molecular flexibility index (Phi) is 3.93. The summed E-state index contributed by atoms with van der Waals surface area (Å²) in [5.74, 6) is 2.97. The minimum absolute atomic E-state index is 0.262. The zero-order chi connectivity index (χ0) is 15.2. The van der Waals surface area contributed by atoms with Gasteiger partial charge < -0.3 is 15.0 Å². The first-order valence-electron chi connectivity index (χ1n) is 9.21. The third-order valence-corrected chi connectivity index (χ3v) is 6.80. The molecule has 0 aromatic carbocycles. The van der Waals surface area contributed by atoms with E-state index < -0.39 is 0 Å². The first-order chi connectivity index (χ1) is 10.7. The molecule has 22 heavy (non-hydrogen) atoms. The van der Waals surface area contributed by atoms with Gasteiger partial charge in [-0.2, -0.15) is 0 Å². The Morgan fingerprint density at radius 2 is 1.73 bits per heavy atom. The van der Waals surface area contributed by atoms with Crippen molar-refractivity contribution >= 4 is 5.91 Å². The Hall–Kier alpha value is -0.610. The number of rotatable bonds is 3. The predicted octanol–water partition coefficient (Wildman–Crippen LogP) is 2.04. The molecular formula is C18H30N2O2. The molecule has 5 aliphatic rings.